The summed E-state index contributed by atoms with van der Waals surface area (Å²) in [6.07, 6.45) is -1.50. The van der Waals surface area contributed by atoms with Gasteiger partial charge in [-0.25, -0.2) is 13.1 Å². The fourth-order valence-electron chi connectivity index (χ4n) is 2.55. The number of nitrogens with zero attached hydrogens (tertiary/aromatic N) is 2. The molecular weight excluding hydrogens is 379 g/mol. The van der Waals surface area contributed by atoms with Gasteiger partial charge in [-0.2, -0.15) is 18.2 Å². The van der Waals surface area contributed by atoms with Crippen LogP contribution in [0.3, 0.4) is 0 Å². The molecule has 0 saturated heterocycles. The van der Waals surface area contributed by atoms with E-state index >= 15 is 0 Å². The maximum absolute atomic E-state index is 12.6. The molecule has 136 valence electrons. The van der Waals surface area contributed by atoms with Gasteiger partial charge in [0.25, 0.3) is 0 Å². The molecule has 0 bridgehead atoms. The van der Waals surface area contributed by atoms with Crippen molar-refractivity contribution < 1.29 is 26.1 Å². The fourth-order valence-corrected chi connectivity index (χ4v) is 5.32. The minimum atomic E-state index is -4.69. The summed E-state index contributed by atoms with van der Waals surface area (Å²) in [4.78, 5) is 4.52. The lowest BCUT2D eigenvalue weighted by molar-refractivity contribution is -0.159. The Morgan fingerprint density at radius 2 is 1.96 bits per heavy atom. The number of hydrogen-bond acceptors (Lipinski definition) is 6. The monoisotopic (exact) mass is 393 g/mol. The van der Waals surface area contributed by atoms with Crippen LogP contribution in [0, 0.1) is 5.92 Å². The zero-order valence-electron chi connectivity index (χ0n) is 12.8. The highest BCUT2D eigenvalue weighted by Gasteiger charge is 2.42. The number of nitrogens with one attached hydrogen (secondary N) is 1. The first-order valence-electron chi connectivity index (χ1n) is 7.76. The van der Waals surface area contributed by atoms with Crippen LogP contribution in [0.1, 0.15) is 42.5 Å². The Morgan fingerprint density at radius 1 is 1.24 bits per heavy atom. The summed E-state index contributed by atoms with van der Waals surface area (Å²) >= 11 is 1.18. The molecule has 2 aliphatic rings. The van der Waals surface area contributed by atoms with Crippen molar-refractivity contribution in [3.8, 4) is 10.7 Å². The van der Waals surface area contributed by atoms with Gasteiger partial charge in [-0.05, 0) is 43.7 Å². The van der Waals surface area contributed by atoms with Crippen LogP contribution in [0.2, 0.25) is 0 Å². The normalized spacial score (nSPS) is 20.0. The standard InChI is InChI=1S/C14H14F3N3O3S2/c15-14(16,17)13-18-12(19-23-13)10-6-5-9(24-10)11(7-1-2-7)20-25(21,22)8-3-4-8/h5-8,11,20H,1-4H2. The number of sulfonamides is 1. The largest absolute Gasteiger partial charge is 0.471 e. The number of halogens is 3. The summed E-state index contributed by atoms with van der Waals surface area (Å²) in [7, 11) is -3.35. The molecule has 6 nitrogen and oxygen atoms in total. The van der Waals surface area contributed by atoms with E-state index in [2.05, 4.69) is 19.4 Å². The van der Waals surface area contributed by atoms with E-state index in [4.69, 9.17) is 0 Å². The van der Waals surface area contributed by atoms with Crippen LogP contribution < -0.4 is 4.72 Å². The summed E-state index contributed by atoms with van der Waals surface area (Å²) < 4.78 is 69.2. The van der Waals surface area contributed by atoms with Crippen molar-refractivity contribution in [1.82, 2.24) is 14.9 Å². The second kappa shape index (κ2) is 5.78. The van der Waals surface area contributed by atoms with Crippen LogP contribution in [0.5, 0.6) is 0 Å². The molecule has 1 atom stereocenters. The Hall–Kier alpha value is -1.46. The topological polar surface area (TPSA) is 85.1 Å². The number of rotatable bonds is 6. The Kier molecular flexibility index (Phi) is 3.92. The van der Waals surface area contributed by atoms with Gasteiger partial charge in [-0.15, -0.1) is 11.3 Å². The van der Waals surface area contributed by atoms with Crippen molar-refractivity contribution in [2.45, 2.75) is 43.2 Å². The lowest BCUT2D eigenvalue weighted by Crippen LogP contribution is -2.32. The minimum Gasteiger partial charge on any atom is -0.329 e. The van der Waals surface area contributed by atoms with Gasteiger partial charge in [-0.1, -0.05) is 5.16 Å². The Labute approximate surface area is 145 Å². The van der Waals surface area contributed by atoms with Crippen LogP contribution >= 0.6 is 11.3 Å². The average Bonchev–Trinajstić information content (AvgIpc) is 3.44. The van der Waals surface area contributed by atoms with Crippen LogP contribution in [0.4, 0.5) is 13.2 Å². The third kappa shape index (κ3) is 3.58. The van der Waals surface area contributed by atoms with Crippen LogP contribution in [-0.4, -0.2) is 23.8 Å². The molecule has 2 aliphatic carbocycles. The van der Waals surface area contributed by atoms with Gasteiger partial charge in [0.15, 0.2) is 0 Å². The maximum atomic E-state index is 12.6. The van der Waals surface area contributed by atoms with Crippen molar-refractivity contribution in [2.75, 3.05) is 0 Å². The van der Waals surface area contributed by atoms with Crippen molar-refractivity contribution in [1.29, 1.82) is 0 Å². The van der Waals surface area contributed by atoms with Crippen LogP contribution in [0.15, 0.2) is 16.7 Å². The quantitative estimate of drug-likeness (QED) is 0.814. The third-order valence-corrected chi connectivity index (χ3v) is 7.27. The van der Waals surface area contributed by atoms with Gasteiger partial charge in [0, 0.05) is 4.88 Å². The molecular formula is C14H14F3N3O3S2. The second-order valence-corrected chi connectivity index (χ2v) is 9.41. The molecule has 0 aliphatic heterocycles. The lowest BCUT2D eigenvalue weighted by Gasteiger charge is -2.16. The molecule has 0 amide bonds. The number of thiophene rings is 1. The third-order valence-electron chi connectivity index (χ3n) is 4.17. The van der Waals surface area contributed by atoms with E-state index in [1.165, 1.54) is 11.3 Å². The molecule has 2 aromatic rings. The molecule has 2 fully saturated rings. The molecule has 2 saturated carbocycles. The first-order chi connectivity index (χ1) is 11.7. The predicted octanol–water partition coefficient (Wildman–Crippen LogP) is 3.35. The Bertz CT molecular complexity index is 883. The van der Waals surface area contributed by atoms with E-state index in [9.17, 15) is 21.6 Å². The molecule has 11 heteroatoms. The molecule has 1 unspecified atom stereocenters. The summed E-state index contributed by atoms with van der Waals surface area (Å²) in [6, 6.07) is 2.95. The summed E-state index contributed by atoms with van der Waals surface area (Å²) in [6.45, 7) is 0. The maximum Gasteiger partial charge on any atom is 0.471 e. The summed E-state index contributed by atoms with van der Waals surface area (Å²) in [5, 5.41) is 3.04. The molecule has 4 rings (SSSR count). The van der Waals surface area contributed by atoms with E-state index < -0.39 is 22.1 Å². The lowest BCUT2D eigenvalue weighted by atomic mass is 10.1. The van der Waals surface area contributed by atoms with Gasteiger partial charge >= 0.3 is 12.1 Å². The minimum absolute atomic E-state index is 0.150. The van der Waals surface area contributed by atoms with Crippen molar-refractivity contribution >= 4 is 21.4 Å². The van der Waals surface area contributed by atoms with Crippen molar-refractivity contribution in [3.05, 3.63) is 22.9 Å². The van der Waals surface area contributed by atoms with Crippen molar-refractivity contribution in [2.24, 2.45) is 5.92 Å². The molecule has 1 N–H and O–H groups in total. The van der Waals surface area contributed by atoms with E-state index in [0.717, 1.165) is 17.7 Å². The molecule has 0 spiro atoms. The average molecular weight is 393 g/mol. The second-order valence-electron chi connectivity index (χ2n) is 6.30. The van der Waals surface area contributed by atoms with E-state index in [1.807, 2.05) is 0 Å². The predicted molar refractivity (Wildman–Crippen MR) is 83.2 cm³/mol. The number of aromatic nitrogens is 2. The smallest absolute Gasteiger partial charge is 0.329 e. The van der Waals surface area contributed by atoms with Crippen LogP contribution in [-0.2, 0) is 16.2 Å². The fraction of sp³-hybridized carbons (Fsp3) is 0.571. The van der Waals surface area contributed by atoms with Gasteiger partial charge in [-0.3, -0.25) is 0 Å². The van der Waals surface area contributed by atoms with E-state index in [-0.39, 0.29) is 23.0 Å². The SMILES string of the molecule is O=S(=O)(NC(c1ccc(-c2noc(C(F)(F)F)n2)s1)C1CC1)C1CC1. The first kappa shape index (κ1) is 17.0. The van der Waals surface area contributed by atoms with Gasteiger partial charge in [0.2, 0.25) is 15.8 Å². The highest BCUT2D eigenvalue weighted by atomic mass is 32.2. The van der Waals surface area contributed by atoms with Gasteiger partial charge < -0.3 is 4.52 Å². The highest BCUT2D eigenvalue weighted by molar-refractivity contribution is 7.90. The van der Waals surface area contributed by atoms with Gasteiger partial charge in [0.05, 0.1) is 16.2 Å². The Balaban J connectivity index is 1.57. The molecule has 2 heterocycles. The van der Waals surface area contributed by atoms with E-state index in [1.54, 1.807) is 12.1 Å². The van der Waals surface area contributed by atoms with Crippen molar-refractivity contribution in [3.63, 3.8) is 0 Å². The molecule has 0 aromatic carbocycles. The molecule has 0 radical (unpaired) electrons. The van der Waals surface area contributed by atoms with E-state index in [0.29, 0.717) is 17.7 Å². The Morgan fingerprint density at radius 3 is 2.52 bits per heavy atom. The highest BCUT2D eigenvalue weighted by Crippen LogP contribution is 2.45. The van der Waals surface area contributed by atoms with Gasteiger partial charge in [0.1, 0.15) is 0 Å². The zero-order valence-corrected chi connectivity index (χ0v) is 14.4. The molecule has 2 aromatic heterocycles. The zero-order chi connectivity index (χ0) is 17.8. The summed E-state index contributed by atoms with van der Waals surface area (Å²) in [5.74, 6) is -1.33. The van der Waals surface area contributed by atoms with Crippen LogP contribution in [0.25, 0.3) is 10.7 Å². The summed E-state index contributed by atoms with van der Waals surface area (Å²) in [5.41, 5.74) is 0. The number of alkyl halides is 3. The number of hydrogen-bond donors (Lipinski definition) is 1. The molecule has 25 heavy (non-hydrogen) atoms. The first-order valence-corrected chi connectivity index (χ1v) is 10.1.